The number of hydrogen-bond acceptors (Lipinski definition) is 4. The van der Waals surface area contributed by atoms with Gasteiger partial charge in [0.1, 0.15) is 6.04 Å². The first kappa shape index (κ1) is 12.4. The van der Waals surface area contributed by atoms with Crippen LogP contribution in [0.1, 0.15) is 13.8 Å². The Hall–Kier alpha value is -1.56. The highest BCUT2D eigenvalue weighted by Crippen LogP contribution is 1.96. The number of nitrogens with zero attached hydrogens (tertiary/aromatic N) is 1. The molecule has 1 heterocycles. The molecule has 0 fully saturated rings. The fourth-order valence-corrected chi connectivity index (χ4v) is 0.546. The summed E-state index contributed by atoms with van der Waals surface area (Å²) in [6.45, 7) is 3.55. The monoisotopic (exact) mass is 200 g/mol. The Morgan fingerprint density at radius 1 is 1.64 bits per heavy atom. The van der Waals surface area contributed by atoms with Crippen molar-refractivity contribution >= 4 is 11.7 Å². The van der Waals surface area contributed by atoms with E-state index in [1.807, 2.05) is 0 Å². The molecule has 1 aromatic rings. The lowest BCUT2D eigenvalue weighted by molar-refractivity contribution is -0.139. The third kappa shape index (κ3) is 5.15. The largest absolute Gasteiger partial charge is 0.480 e. The molecule has 0 amide bonds. The van der Waals surface area contributed by atoms with Gasteiger partial charge >= 0.3 is 5.97 Å². The van der Waals surface area contributed by atoms with Crippen molar-refractivity contribution in [3.8, 4) is 0 Å². The average molecular weight is 200 g/mol. The van der Waals surface area contributed by atoms with Gasteiger partial charge in [0.05, 0.1) is 11.9 Å². The summed E-state index contributed by atoms with van der Waals surface area (Å²) in [7, 11) is 0. The highest BCUT2D eigenvalue weighted by molar-refractivity contribution is 5.73. The average Bonchev–Trinajstić information content (AvgIpc) is 2.55. The van der Waals surface area contributed by atoms with Gasteiger partial charge in [-0.2, -0.15) is 5.10 Å². The van der Waals surface area contributed by atoms with Gasteiger partial charge in [-0.15, -0.1) is 0 Å². The number of nitrogen functional groups attached to an aromatic ring is 1. The zero-order valence-electron chi connectivity index (χ0n) is 8.27. The Balaban J connectivity index is 0.000000249. The molecule has 0 spiro atoms. The van der Waals surface area contributed by atoms with Gasteiger partial charge in [-0.25, -0.2) is 0 Å². The Bertz CT molecular complexity index is 258. The molecule has 0 radical (unpaired) electrons. The van der Waals surface area contributed by atoms with Crippen LogP contribution in [0.4, 0.5) is 5.69 Å². The van der Waals surface area contributed by atoms with Gasteiger partial charge in [0.2, 0.25) is 0 Å². The highest BCUT2D eigenvalue weighted by atomic mass is 16.4. The van der Waals surface area contributed by atoms with Crippen LogP contribution in [0, 0.1) is 5.92 Å². The second kappa shape index (κ2) is 5.98. The van der Waals surface area contributed by atoms with E-state index in [-0.39, 0.29) is 5.92 Å². The molecule has 1 rings (SSSR count). The van der Waals surface area contributed by atoms with Gasteiger partial charge < -0.3 is 16.6 Å². The maximum Gasteiger partial charge on any atom is 0.320 e. The number of aliphatic carboxylic acids is 1. The van der Waals surface area contributed by atoms with Crippen molar-refractivity contribution in [2.45, 2.75) is 19.9 Å². The fourth-order valence-electron chi connectivity index (χ4n) is 0.546. The minimum absolute atomic E-state index is 0.0208. The third-order valence-electron chi connectivity index (χ3n) is 1.52. The summed E-state index contributed by atoms with van der Waals surface area (Å²) in [6, 6.07) is -0.713. The smallest absolute Gasteiger partial charge is 0.320 e. The van der Waals surface area contributed by atoms with Crippen molar-refractivity contribution < 1.29 is 9.90 Å². The van der Waals surface area contributed by atoms with Crippen molar-refractivity contribution in [3.05, 3.63) is 12.4 Å². The molecule has 0 bridgehead atoms. The van der Waals surface area contributed by atoms with Crippen LogP contribution in [-0.2, 0) is 4.79 Å². The van der Waals surface area contributed by atoms with Crippen LogP contribution in [0.2, 0.25) is 0 Å². The van der Waals surface area contributed by atoms with Crippen molar-refractivity contribution in [2.24, 2.45) is 11.7 Å². The highest BCUT2D eigenvalue weighted by Gasteiger charge is 2.14. The lowest BCUT2D eigenvalue weighted by Gasteiger charge is -2.07. The lowest BCUT2D eigenvalue weighted by atomic mass is 10.1. The van der Waals surface area contributed by atoms with Gasteiger partial charge in [0.25, 0.3) is 0 Å². The molecule has 14 heavy (non-hydrogen) atoms. The zero-order chi connectivity index (χ0) is 11.1. The number of aromatic nitrogens is 2. The van der Waals surface area contributed by atoms with E-state index in [1.54, 1.807) is 26.2 Å². The predicted molar refractivity (Wildman–Crippen MR) is 53.4 cm³/mol. The molecule has 0 unspecified atom stereocenters. The number of anilines is 1. The molecular weight excluding hydrogens is 184 g/mol. The quantitative estimate of drug-likeness (QED) is 0.537. The van der Waals surface area contributed by atoms with Gasteiger partial charge in [-0.3, -0.25) is 9.89 Å². The SMILES string of the molecule is CC(C)[C@H](N)C(=O)O.Nc1cn[nH]c1. The Kier molecular flexibility index (Phi) is 5.31. The molecule has 80 valence electrons. The van der Waals surface area contributed by atoms with Gasteiger partial charge in [0.15, 0.2) is 0 Å². The Morgan fingerprint density at radius 3 is 2.29 bits per heavy atom. The zero-order valence-corrected chi connectivity index (χ0v) is 8.27. The number of carboxylic acid groups (broad SMARTS) is 1. The number of carboxylic acids is 1. The summed E-state index contributed by atoms with van der Waals surface area (Å²) in [6.07, 6.45) is 3.18. The van der Waals surface area contributed by atoms with Crippen LogP contribution >= 0.6 is 0 Å². The van der Waals surface area contributed by atoms with E-state index in [4.69, 9.17) is 16.6 Å². The Morgan fingerprint density at radius 2 is 2.21 bits per heavy atom. The van der Waals surface area contributed by atoms with Crippen molar-refractivity contribution in [1.82, 2.24) is 10.2 Å². The second-order valence-electron chi connectivity index (χ2n) is 3.14. The molecule has 0 aliphatic carbocycles. The summed E-state index contributed by atoms with van der Waals surface area (Å²) in [5, 5.41) is 14.4. The van der Waals surface area contributed by atoms with Gasteiger partial charge in [-0.1, -0.05) is 13.8 Å². The Labute approximate surface area is 82.3 Å². The molecule has 0 aromatic carbocycles. The molecule has 0 saturated carbocycles. The van der Waals surface area contributed by atoms with Gasteiger partial charge in [-0.05, 0) is 5.92 Å². The number of carbonyl (C=O) groups is 1. The molecule has 6 heteroatoms. The number of H-pyrrole nitrogens is 1. The van der Waals surface area contributed by atoms with Crippen LogP contribution < -0.4 is 11.5 Å². The van der Waals surface area contributed by atoms with Crippen LogP contribution in [0.5, 0.6) is 0 Å². The van der Waals surface area contributed by atoms with E-state index in [2.05, 4.69) is 10.2 Å². The van der Waals surface area contributed by atoms with E-state index in [1.165, 1.54) is 0 Å². The first-order valence-corrected chi connectivity index (χ1v) is 4.17. The van der Waals surface area contributed by atoms with Crippen LogP contribution in [0.3, 0.4) is 0 Å². The molecular formula is C8H16N4O2. The molecule has 0 saturated heterocycles. The molecule has 0 aliphatic heterocycles. The number of hydrogen-bond donors (Lipinski definition) is 4. The lowest BCUT2D eigenvalue weighted by Crippen LogP contribution is -2.34. The fraction of sp³-hybridized carbons (Fsp3) is 0.500. The predicted octanol–water partition coefficient (Wildman–Crippen LogP) is 0.0462. The maximum atomic E-state index is 10.0. The van der Waals surface area contributed by atoms with E-state index >= 15 is 0 Å². The van der Waals surface area contributed by atoms with E-state index < -0.39 is 12.0 Å². The summed E-state index contributed by atoms with van der Waals surface area (Å²) in [5.74, 6) is -0.910. The molecule has 1 aromatic heterocycles. The molecule has 6 nitrogen and oxygen atoms in total. The van der Waals surface area contributed by atoms with E-state index in [0.29, 0.717) is 5.69 Å². The summed E-state index contributed by atoms with van der Waals surface area (Å²) in [4.78, 5) is 10.0. The van der Waals surface area contributed by atoms with Crippen LogP contribution in [-0.4, -0.2) is 27.3 Å². The second-order valence-corrected chi connectivity index (χ2v) is 3.14. The first-order valence-electron chi connectivity index (χ1n) is 4.17. The number of nitrogens with two attached hydrogens (primary N) is 2. The number of aromatic amines is 1. The first-order chi connectivity index (χ1) is 6.45. The summed E-state index contributed by atoms with van der Waals surface area (Å²) < 4.78 is 0. The van der Waals surface area contributed by atoms with Crippen molar-refractivity contribution in [3.63, 3.8) is 0 Å². The minimum atomic E-state index is -0.931. The van der Waals surface area contributed by atoms with E-state index in [9.17, 15) is 4.79 Å². The molecule has 1 atom stereocenters. The van der Waals surface area contributed by atoms with Crippen LogP contribution in [0.15, 0.2) is 12.4 Å². The van der Waals surface area contributed by atoms with Gasteiger partial charge in [0, 0.05) is 6.20 Å². The molecule has 0 aliphatic rings. The standard InChI is InChI=1S/C5H11NO2.C3H5N3/c1-3(2)4(6)5(7)8;4-3-1-5-6-2-3/h3-4H,6H2,1-2H3,(H,7,8);1-2H,4H2,(H,5,6)/t4-;/m0./s1. The van der Waals surface area contributed by atoms with Crippen molar-refractivity contribution in [2.75, 3.05) is 5.73 Å². The summed E-state index contributed by atoms with van der Waals surface area (Å²) in [5.41, 5.74) is 11.0. The third-order valence-corrected chi connectivity index (χ3v) is 1.52. The number of nitrogens with one attached hydrogen (secondary N) is 1. The topological polar surface area (TPSA) is 118 Å². The molecule has 6 N–H and O–H groups in total. The van der Waals surface area contributed by atoms with E-state index in [0.717, 1.165) is 0 Å². The normalized spacial score (nSPS) is 11.7. The maximum absolute atomic E-state index is 10.0. The van der Waals surface area contributed by atoms with Crippen molar-refractivity contribution in [1.29, 1.82) is 0 Å². The number of rotatable bonds is 2. The summed E-state index contributed by atoms with van der Waals surface area (Å²) >= 11 is 0. The van der Waals surface area contributed by atoms with Crippen LogP contribution in [0.25, 0.3) is 0 Å². The minimum Gasteiger partial charge on any atom is -0.480 e.